The number of hydrogen-bond acceptors (Lipinski definition) is 4. The summed E-state index contributed by atoms with van der Waals surface area (Å²) < 4.78 is 23.9. The minimum absolute atomic E-state index is 0.200. The molecule has 0 atom stereocenters. The lowest BCUT2D eigenvalue weighted by Gasteiger charge is -2.12. The normalized spacial score (nSPS) is 11.3. The molecule has 0 saturated carbocycles. The number of halogens is 2. The van der Waals surface area contributed by atoms with Crippen LogP contribution in [0.25, 0.3) is 0 Å². The van der Waals surface area contributed by atoms with Gasteiger partial charge in [-0.15, -0.1) is 0 Å². The summed E-state index contributed by atoms with van der Waals surface area (Å²) in [7, 11) is -3.26. The number of nitrogen functional groups attached to an aromatic ring is 1. The molecule has 0 spiro atoms. The zero-order valence-electron chi connectivity index (χ0n) is 10.5. The first kappa shape index (κ1) is 15.4. The van der Waals surface area contributed by atoms with E-state index in [1.807, 2.05) is 12.1 Å². The second-order valence-corrected chi connectivity index (χ2v) is 7.88. The van der Waals surface area contributed by atoms with Gasteiger partial charge in [0, 0.05) is 14.8 Å². The average molecular weight is 423 g/mol. The molecule has 20 heavy (non-hydrogen) atoms. The lowest BCUT2D eigenvalue weighted by atomic mass is 10.2. The van der Waals surface area contributed by atoms with Crippen molar-refractivity contribution in [2.75, 3.05) is 17.3 Å². The van der Waals surface area contributed by atoms with Crippen molar-refractivity contribution >= 4 is 61.1 Å². The number of rotatable bonds is 3. The Bertz CT molecular complexity index is 763. The highest BCUT2D eigenvalue weighted by Crippen LogP contribution is 2.29. The maximum atomic E-state index is 11.5. The summed E-state index contributed by atoms with van der Waals surface area (Å²) in [6, 6.07) is 10.1. The second-order valence-electron chi connectivity index (χ2n) is 4.27. The average Bonchev–Trinajstić information content (AvgIpc) is 2.33. The Morgan fingerprint density at radius 1 is 1.15 bits per heavy atom. The van der Waals surface area contributed by atoms with Crippen molar-refractivity contribution in [3.63, 3.8) is 0 Å². The zero-order valence-corrected chi connectivity index (χ0v) is 14.3. The minimum Gasteiger partial charge on any atom is -0.397 e. The van der Waals surface area contributed by atoms with Gasteiger partial charge in [-0.25, -0.2) is 8.42 Å². The molecule has 3 N–H and O–H groups in total. The largest absolute Gasteiger partial charge is 0.397 e. The van der Waals surface area contributed by atoms with E-state index in [9.17, 15) is 8.42 Å². The molecule has 0 amide bonds. The first-order valence-corrected chi connectivity index (χ1v) is 8.94. The smallest absolute Gasteiger partial charge is 0.175 e. The van der Waals surface area contributed by atoms with E-state index < -0.39 is 9.84 Å². The molecule has 0 bridgehead atoms. The number of benzene rings is 2. The summed E-state index contributed by atoms with van der Waals surface area (Å²) in [5.74, 6) is 0. The van der Waals surface area contributed by atoms with Crippen LogP contribution in [0.4, 0.5) is 17.1 Å². The summed E-state index contributed by atoms with van der Waals surface area (Å²) >= 11 is 8.06. The van der Waals surface area contributed by atoms with Crippen LogP contribution in [0.3, 0.4) is 0 Å². The van der Waals surface area contributed by atoms with Crippen molar-refractivity contribution in [3.05, 3.63) is 45.0 Å². The molecule has 0 saturated heterocycles. The Morgan fingerprint density at radius 2 is 1.80 bits per heavy atom. The molecule has 2 rings (SSSR count). The van der Waals surface area contributed by atoms with Crippen molar-refractivity contribution in [3.8, 4) is 0 Å². The molecule has 0 radical (unpaired) electrons. The molecule has 106 valence electrons. The van der Waals surface area contributed by atoms with Crippen LogP contribution in [0.1, 0.15) is 0 Å². The molecule has 0 aromatic heterocycles. The van der Waals surface area contributed by atoms with E-state index in [-0.39, 0.29) is 4.90 Å². The highest BCUT2D eigenvalue weighted by Gasteiger charge is 2.10. The summed E-state index contributed by atoms with van der Waals surface area (Å²) in [6.07, 6.45) is 1.15. The maximum Gasteiger partial charge on any atom is 0.175 e. The predicted octanol–water partition coefficient (Wildman–Crippen LogP) is 3.67. The molecule has 0 aliphatic heterocycles. The van der Waals surface area contributed by atoms with E-state index in [2.05, 4.69) is 27.9 Å². The fourth-order valence-electron chi connectivity index (χ4n) is 1.62. The van der Waals surface area contributed by atoms with E-state index in [0.717, 1.165) is 15.5 Å². The van der Waals surface area contributed by atoms with Gasteiger partial charge >= 0.3 is 0 Å². The van der Waals surface area contributed by atoms with Gasteiger partial charge < -0.3 is 11.1 Å². The van der Waals surface area contributed by atoms with E-state index in [1.165, 1.54) is 12.1 Å². The molecular weight excluding hydrogens is 411 g/mol. The van der Waals surface area contributed by atoms with Crippen LogP contribution in [0.2, 0.25) is 5.02 Å². The van der Waals surface area contributed by atoms with Crippen molar-refractivity contribution in [1.29, 1.82) is 0 Å². The highest BCUT2D eigenvalue weighted by atomic mass is 127. The number of nitrogens with one attached hydrogen (secondary N) is 1. The van der Waals surface area contributed by atoms with Crippen LogP contribution in [0, 0.1) is 3.57 Å². The third kappa shape index (κ3) is 3.56. The van der Waals surface area contributed by atoms with E-state index >= 15 is 0 Å². The molecule has 0 heterocycles. The van der Waals surface area contributed by atoms with Gasteiger partial charge in [-0.05, 0) is 59.0 Å². The van der Waals surface area contributed by atoms with Gasteiger partial charge in [0.1, 0.15) is 0 Å². The van der Waals surface area contributed by atoms with Crippen LogP contribution in [-0.2, 0) is 9.84 Å². The van der Waals surface area contributed by atoms with Gasteiger partial charge in [-0.1, -0.05) is 11.6 Å². The topological polar surface area (TPSA) is 72.2 Å². The zero-order chi connectivity index (χ0) is 14.9. The van der Waals surface area contributed by atoms with Crippen molar-refractivity contribution < 1.29 is 8.42 Å². The van der Waals surface area contributed by atoms with Crippen molar-refractivity contribution in [2.45, 2.75) is 4.90 Å². The maximum absolute atomic E-state index is 11.5. The van der Waals surface area contributed by atoms with Crippen LogP contribution in [0.15, 0.2) is 41.3 Å². The van der Waals surface area contributed by atoms with E-state index in [0.29, 0.717) is 16.4 Å². The van der Waals surface area contributed by atoms with Gasteiger partial charge in [0.2, 0.25) is 0 Å². The molecular formula is C13H12ClIN2O2S. The van der Waals surface area contributed by atoms with Gasteiger partial charge in [-0.2, -0.15) is 0 Å². The fraction of sp³-hybridized carbons (Fsp3) is 0.0769. The highest BCUT2D eigenvalue weighted by molar-refractivity contribution is 14.1. The van der Waals surface area contributed by atoms with Crippen LogP contribution >= 0.6 is 34.2 Å². The Hall–Kier alpha value is -0.990. The lowest BCUT2D eigenvalue weighted by Crippen LogP contribution is -2.02. The van der Waals surface area contributed by atoms with Gasteiger partial charge in [-0.3, -0.25) is 0 Å². The van der Waals surface area contributed by atoms with Crippen LogP contribution < -0.4 is 11.1 Å². The van der Waals surface area contributed by atoms with E-state index in [1.54, 1.807) is 12.1 Å². The number of anilines is 3. The summed E-state index contributed by atoms with van der Waals surface area (Å²) in [4.78, 5) is 0.200. The van der Waals surface area contributed by atoms with Crippen molar-refractivity contribution in [2.24, 2.45) is 0 Å². The first-order chi connectivity index (χ1) is 9.27. The Kier molecular flexibility index (Phi) is 4.46. The summed E-state index contributed by atoms with van der Waals surface area (Å²) in [5, 5.41) is 3.81. The predicted molar refractivity (Wildman–Crippen MR) is 91.4 cm³/mol. The Labute approximate surface area is 136 Å². The third-order valence-electron chi connectivity index (χ3n) is 2.65. The first-order valence-electron chi connectivity index (χ1n) is 5.59. The molecule has 0 aliphatic carbocycles. The fourth-order valence-corrected chi connectivity index (χ4v) is 3.28. The number of hydrogen-bond donors (Lipinski definition) is 2. The number of nitrogens with two attached hydrogens (primary N) is 1. The van der Waals surface area contributed by atoms with Crippen LogP contribution in [-0.4, -0.2) is 14.7 Å². The van der Waals surface area contributed by atoms with E-state index in [4.69, 9.17) is 17.3 Å². The molecule has 4 nitrogen and oxygen atoms in total. The minimum atomic E-state index is -3.26. The second kappa shape index (κ2) is 5.79. The number of sulfone groups is 1. The monoisotopic (exact) mass is 422 g/mol. The molecule has 2 aromatic rings. The SMILES string of the molecule is CS(=O)(=O)c1ccc(Nc2ccc(Cl)cc2I)c(N)c1. The van der Waals surface area contributed by atoms with Gasteiger partial charge in [0.25, 0.3) is 0 Å². The molecule has 2 aromatic carbocycles. The standard InChI is InChI=1S/C13H12ClIN2O2S/c1-20(18,19)9-3-5-13(11(16)7-9)17-12-4-2-8(14)6-10(12)15/h2-7,17H,16H2,1H3. The van der Waals surface area contributed by atoms with Gasteiger partial charge in [0.15, 0.2) is 9.84 Å². The molecule has 0 unspecified atom stereocenters. The quantitative estimate of drug-likeness (QED) is 0.585. The van der Waals surface area contributed by atoms with Crippen molar-refractivity contribution in [1.82, 2.24) is 0 Å². The van der Waals surface area contributed by atoms with Crippen LogP contribution in [0.5, 0.6) is 0 Å². The molecule has 7 heteroatoms. The molecule has 0 aliphatic rings. The Balaban J connectivity index is 2.35. The third-order valence-corrected chi connectivity index (χ3v) is 4.89. The summed E-state index contributed by atoms with van der Waals surface area (Å²) in [5.41, 5.74) is 7.77. The Morgan fingerprint density at radius 3 is 2.35 bits per heavy atom. The molecule has 0 fully saturated rings. The van der Waals surface area contributed by atoms with Gasteiger partial charge in [0.05, 0.1) is 22.0 Å². The summed E-state index contributed by atoms with van der Waals surface area (Å²) in [6.45, 7) is 0. The lowest BCUT2D eigenvalue weighted by molar-refractivity contribution is 0.602.